The summed E-state index contributed by atoms with van der Waals surface area (Å²) >= 11 is 0. The molecule has 0 spiro atoms. The molecule has 0 radical (unpaired) electrons. The Labute approximate surface area is 131 Å². The Morgan fingerprint density at radius 2 is 2.00 bits per heavy atom. The van der Waals surface area contributed by atoms with Crippen LogP contribution in [0.5, 0.6) is 0 Å². The van der Waals surface area contributed by atoms with Gasteiger partial charge in [0.05, 0.1) is 5.56 Å². The average molecular weight is 329 g/mol. The number of rotatable bonds is 6. The fourth-order valence-electron chi connectivity index (χ4n) is 2.67. The van der Waals surface area contributed by atoms with Crippen molar-refractivity contribution in [2.24, 2.45) is 5.92 Å². The monoisotopic (exact) mass is 329 g/mol. The van der Waals surface area contributed by atoms with E-state index in [-0.39, 0.29) is 30.4 Å². The number of carboxylic acids is 1. The molecular weight excluding hydrogens is 311 g/mol. The SMILES string of the molecule is CC(CCC(=O)O)NC(=O)C1CC1c1ccccc1C(F)(F)F. The van der Waals surface area contributed by atoms with Crippen molar-refractivity contribution in [1.29, 1.82) is 0 Å². The summed E-state index contributed by atoms with van der Waals surface area (Å²) in [6.07, 6.45) is -3.83. The van der Waals surface area contributed by atoms with Gasteiger partial charge in [-0.25, -0.2) is 0 Å². The van der Waals surface area contributed by atoms with E-state index in [1.807, 2.05) is 0 Å². The van der Waals surface area contributed by atoms with Crippen molar-refractivity contribution in [2.45, 2.75) is 44.3 Å². The molecule has 2 N–H and O–H groups in total. The van der Waals surface area contributed by atoms with Crippen molar-refractivity contribution in [3.63, 3.8) is 0 Å². The van der Waals surface area contributed by atoms with Crippen LogP contribution in [0.1, 0.15) is 43.2 Å². The van der Waals surface area contributed by atoms with Gasteiger partial charge >= 0.3 is 12.1 Å². The van der Waals surface area contributed by atoms with Crippen molar-refractivity contribution >= 4 is 11.9 Å². The Morgan fingerprint density at radius 1 is 1.35 bits per heavy atom. The molecule has 1 saturated carbocycles. The van der Waals surface area contributed by atoms with E-state index in [0.717, 1.165) is 6.07 Å². The van der Waals surface area contributed by atoms with Crippen LogP contribution in [0.15, 0.2) is 24.3 Å². The van der Waals surface area contributed by atoms with E-state index in [2.05, 4.69) is 5.32 Å². The molecule has 4 nitrogen and oxygen atoms in total. The average Bonchev–Trinajstić information content (AvgIpc) is 3.24. The lowest BCUT2D eigenvalue weighted by Gasteiger charge is -2.14. The van der Waals surface area contributed by atoms with Gasteiger partial charge in [-0.1, -0.05) is 18.2 Å². The first-order chi connectivity index (χ1) is 10.7. The normalized spacial score (nSPS) is 21.6. The van der Waals surface area contributed by atoms with Crippen molar-refractivity contribution < 1.29 is 27.9 Å². The first kappa shape index (κ1) is 17.3. The summed E-state index contributed by atoms with van der Waals surface area (Å²) in [5, 5.41) is 11.3. The lowest BCUT2D eigenvalue weighted by Crippen LogP contribution is -2.34. The third-order valence-corrected chi connectivity index (χ3v) is 3.97. The van der Waals surface area contributed by atoms with Gasteiger partial charge in [0, 0.05) is 18.4 Å². The highest BCUT2D eigenvalue weighted by Crippen LogP contribution is 2.51. The number of hydrogen-bond donors (Lipinski definition) is 2. The van der Waals surface area contributed by atoms with E-state index in [0.29, 0.717) is 6.42 Å². The molecule has 1 aromatic rings. The zero-order chi connectivity index (χ0) is 17.2. The maximum atomic E-state index is 13.0. The van der Waals surface area contributed by atoms with E-state index in [9.17, 15) is 22.8 Å². The third kappa shape index (κ3) is 4.46. The predicted octanol–water partition coefficient (Wildman–Crippen LogP) is 3.18. The van der Waals surface area contributed by atoms with E-state index in [4.69, 9.17) is 5.11 Å². The standard InChI is InChI=1S/C16H18F3NO3/c1-9(6-7-14(21)22)20-15(23)12-8-11(12)10-4-2-3-5-13(10)16(17,18)19/h2-5,9,11-12H,6-8H2,1H3,(H,20,23)(H,21,22). The summed E-state index contributed by atoms with van der Waals surface area (Å²) < 4.78 is 39.0. The minimum Gasteiger partial charge on any atom is -0.481 e. The van der Waals surface area contributed by atoms with Gasteiger partial charge in [0.25, 0.3) is 0 Å². The van der Waals surface area contributed by atoms with Crippen LogP contribution >= 0.6 is 0 Å². The largest absolute Gasteiger partial charge is 0.481 e. The van der Waals surface area contributed by atoms with Gasteiger partial charge in [-0.3, -0.25) is 9.59 Å². The fraction of sp³-hybridized carbons (Fsp3) is 0.500. The van der Waals surface area contributed by atoms with E-state index >= 15 is 0 Å². The smallest absolute Gasteiger partial charge is 0.416 e. The van der Waals surface area contributed by atoms with Gasteiger partial charge in [-0.15, -0.1) is 0 Å². The van der Waals surface area contributed by atoms with E-state index < -0.39 is 29.5 Å². The third-order valence-electron chi connectivity index (χ3n) is 3.97. The highest BCUT2D eigenvalue weighted by molar-refractivity contribution is 5.83. The highest BCUT2D eigenvalue weighted by Gasteiger charge is 2.47. The molecule has 0 aromatic heterocycles. The first-order valence-electron chi connectivity index (χ1n) is 7.38. The van der Waals surface area contributed by atoms with Crippen molar-refractivity contribution in [3.8, 4) is 0 Å². The number of carbonyl (C=O) groups is 2. The summed E-state index contributed by atoms with van der Waals surface area (Å²) in [6, 6.07) is 4.98. The summed E-state index contributed by atoms with van der Waals surface area (Å²) in [6.45, 7) is 1.68. The molecule has 3 unspecified atom stereocenters. The van der Waals surface area contributed by atoms with Crippen LogP contribution in [0.25, 0.3) is 0 Å². The number of alkyl halides is 3. The second-order valence-electron chi connectivity index (χ2n) is 5.88. The lowest BCUT2D eigenvalue weighted by molar-refractivity contribution is -0.138. The number of carbonyl (C=O) groups excluding carboxylic acids is 1. The van der Waals surface area contributed by atoms with Gasteiger partial charge in [-0.05, 0) is 37.3 Å². The molecule has 0 heterocycles. The Bertz CT molecular complexity index is 600. The molecule has 1 amide bonds. The van der Waals surface area contributed by atoms with E-state index in [1.54, 1.807) is 6.92 Å². The first-order valence-corrected chi connectivity index (χ1v) is 7.38. The van der Waals surface area contributed by atoms with Crippen molar-refractivity contribution in [3.05, 3.63) is 35.4 Å². The Kier molecular flexibility index (Phi) is 4.97. The molecule has 1 aliphatic rings. The van der Waals surface area contributed by atoms with Gasteiger partial charge in [0.15, 0.2) is 0 Å². The van der Waals surface area contributed by atoms with E-state index in [1.165, 1.54) is 18.2 Å². The van der Waals surface area contributed by atoms with Crippen LogP contribution in [0, 0.1) is 5.92 Å². The molecule has 1 fully saturated rings. The quantitative estimate of drug-likeness (QED) is 0.842. The van der Waals surface area contributed by atoms with Crippen molar-refractivity contribution in [1.82, 2.24) is 5.32 Å². The molecule has 7 heteroatoms. The minimum absolute atomic E-state index is 0.0630. The van der Waals surface area contributed by atoms with Crippen LogP contribution in [0.3, 0.4) is 0 Å². The van der Waals surface area contributed by atoms with Crippen LogP contribution in [-0.4, -0.2) is 23.0 Å². The molecule has 126 valence electrons. The van der Waals surface area contributed by atoms with Crippen LogP contribution in [0.2, 0.25) is 0 Å². The number of carboxylic acid groups (broad SMARTS) is 1. The number of benzene rings is 1. The van der Waals surface area contributed by atoms with Crippen LogP contribution in [0.4, 0.5) is 13.2 Å². The highest BCUT2D eigenvalue weighted by atomic mass is 19.4. The molecule has 1 aromatic carbocycles. The van der Waals surface area contributed by atoms with Crippen molar-refractivity contribution in [2.75, 3.05) is 0 Å². The van der Waals surface area contributed by atoms with Gasteiger partial charge in [0.2, 0.25) is 5.91 Å². The number of amides is 1. The number of nitrogens with one attached hydrogen (secondary N) is 1. The maximum absolute atomic E-state index is 13.0. The second-order valence-corrected chi connectivity index (χ2v) is 5.88. The Morgan fingerprint density at radius 3 is 2.61 bits per heavy atom. The topological polar surface area (TPSA) is 66.4 Å². The minimum atomic E-state index is -4.44. The Balaban J connectivity index is 1.97. The summed E-state index contributed by atoms with van der Waals surface area (Å²) in [5.74, 6) is -2.18. The molecule has 2 rings (SSSR count). The molecule has 0 bridgehead atoms. The zero-order valence-corrected chi connectivity index (χ0v) is 12.6. The molecule has 0 aliphatic heterocycles. The molecule has 23 heavy (non-hydrogen) atoms. The van der Waals surface area contributed by atoms with Crippen LogP contribution in [-0.2, 0) is 15.8 Å². The Hall–Kier alpha value is -2.05. The number of hydrogen-bond acceptors (Lipinski definition) is 2. The molecule has 1 aliphatic carbocycles. The van der Waals surface area contributed by atoms with Gasteiger partial charge in [-0.2, -0.15) is 13.2 Å². The number of aliphatic carboxylic acids is 1. The lowest BCUT2D eigenvalue weighted by atomic mass is 10.0. The fourth-order valence-corrected chi connectivity index (χ4v) is 2.67. The van der Waals surface area contributed by atoms with Crippen LogP contribution < -0.4 is 5.32 Å². The van der Waals surface area contributed by atoms with Gasteiger partial charge in [0.1, 0.15) is 0 Å². The predicted molar refractivity (Wildman–Crippen MR) is 76.8 cm³/mol. The molecule has 0 saturated heterocycles. The van der Waals surface area contributed by atoms with Gasteiger partial charge < -0.3 is 10.4 Å². The summed E-state index contributed by atoms with van der Waals surface area (Å²) in [5.41, 5.74) is -0.544. The number of halogens is 3. The molecular formula is C16H18F3NO3. The summed E-state index contributed by atoms with van der Waals surface area (Å²) in [4.78, 5) is 22.6. The zero-order valence-electron chi connectivity index (χ0n) is 12.6. The summed E-state index contributed by atoms with van der Waals surface area (Å²) in [7, 11) is 0. The maximum Gasteiger partial charge on any atom is 0.416 e. The second kappa shape index (κ2) is 6.60. The molecule has 3 atom stereocenters.